The second-order valence-corrected chi connectivity index (χ2v) is 7.82. The number of amides is 1. The fourth-order valence-electron chi connectivity index (χ4n) is 2.76. The van der Waals surface area contributed by atoms with Gasteiger partial charge in [0.1, 0.15) is 11.5 Å². The van der Waals surface area contributed by atoms with Crippen LogP contribution in [0.25, 0.3) is 0 Å². The van der Waals surface area contributed by atoms with Crippen LogP contribution in [0.15, 0.2) is 58.7 Å². The zero-order valence-electron chi connectivity index (χ0n) is 17.1. The molecule has 7 heteroatoms. The van der Waals surface area contributed by atoms with Crippen LogP contribution in [0.4, 0.5) is 0 Å². The highest BCUT2D eigenvalue weighted by Gasteiger charge is 2.28. The third-order valence-electron chi connectivity index (χ3n) is 4.29. The SMILES string of the molecule is COc1ccc(CN2C(=O)CS/C2=N/N=C(/C)c2ccc(OC(C)C)cc2)cc1. The summed E-state index contributed by atoms with van der Waals surface area (Å²) in [6, 6.07) is 15.4. The Morgan fingerprint density at radius 3 is 2.38 bits per heavy atom. The first kappa shape index (κ1) is 20.9. The number of methoxy groups -OCH3 is 1. The van der Waals surface area contributed by atoms with E-state index in [4.69, 9.17) is 9.47 Å². The first-order valence-electron chi connectivity index (χ1n) is 9.41. The van der Waals surface area contributed by atoms with Gasteiger partial charge in [0.2, 0.25) is 5.91 Å². The van der Waals surface area contributed by atoms with Crippen molar-refractivity contribution in [1.29, 1.82) is 0 Å². The van der Waals surface area contributed by atoms with E-state index in [0.29, 0.717) is 17.5 Å². The molecule has 0 atom stereocenters. The third-order valence-corrected chi connectivity index (χ3v) is 5.24. The molecule has 0 radical (unpaired) electrons. The second kappa shape index (κ2) is 9.60. The largest absolute Gasteiger partial charge is 0.497 e. The predicted molar refractivity (Wildman–Crippen MR) is 118 cm³/mol. The van der Waals surface area contributed by atoms with Crippen LogP contribution in [-0.2, 0) is 11.3 Å². The maximum absolute atomic E-state index is 12.3. The topological polar surface area (TPSA) is 63.5 Å². The molecule has 1 aliphatic rings. The molecule has 2 aromatic rings. The highest BCUT2D eigenvalue weighted by molar-refractivity contribution is 8.15. The minimum absolute atomic E-state index is 0.0348. The van der Waals surface area contributed by atoms with Crippen molar-refractivity contribution in [3.05, 3.63) is 59.7 Å². The smallest absolute Gasteiger partial charge is 0.239 e. The van der Waals surface area contributed by atoms with E-state index in [1.807, 2.05) is 69.3 Å². The van der Waals surface area contributed by atoms with Crippen LogP contribution in [0.2, 0.25) is 0 Å². The molecule has 6 nitrogen and oxygen atoms in total. The Morgan fingerprint density at radius 2 is 1.76 bits per heavy atom. The molecule has 1 fully saturated rings. The summed E-state index contributed by atoms with van der Waals surface area (Å²) in [4.78, 5) is 14.0. The van der Waals surface area contributed by atoms with Gasteiger partial charge in [-0.05, 0) is 68.3 Å². The van der Waals surface area contributed by atoms with Gasteiger partial charge in [0.25, 0.3) is 0 Å². The van der Waals surface area contributed by atoms with Crippen LogP contribution < -0.4 is 9.47 Å². The van der Waals surface area contributed by atoms with Gasteiger partial charge < -0.3 is 9.47 Å². The third kappa shape index (κ3) is 5.60. The van der Waals surface area contributed by atoms with Crippen molar-refractivity contribution in [2.45, 2.75) is 33.4 Å². The molecule has 1 heterocycles. The monoisotopic (exact) mass is 411 g/mol. The maximum atomic E-state index is 12.3. The van der Waals surface area contributed by atoms with Gasteiger partial charge in [-0.1, -0.05) is 23.9 Å². The number of ether oxygens (including phenoxy) is 2. The summed E-state index contributed by atoms with van der Waals surface area (Å²) in [5.41, 5.74) is 2.75. The molecule has 2 aromatic carbocycles. The van der Waals surface area contributed by atoms with Crippen LogP contribution in [-0.4, -0.2) is 40.7 Å². The number of hydrogen-bond acceptors (Lipinski definition) is 6. The molecule has 0 saturated carbocycles. The van der Waals surface area contributed by atoms with E-state index in [9.17, 15) is 4.79 Å². The van der Waals surface area contributed by atoms with E-state index >= 15 is 0 Å². The Morgan fingerprint density at radius 1 is 1.10 bits per heavy atom. The van der Waals surface area contributed by atoms with Gasteiger partial charge >= 0.3 is 0 Å². The maximum Gasteiger partial charge on any atom is 0.239 e. The number of hydrogen-bond donors (Lipinski definition) is 0. The van der Waals surface area contributed by atoms with E-state index in [1.54, 1.807) is 12.0 Å². The lowest BCUT2D eigenvalue weighted by Gasteiger charge is -2.15. The van der Waals surface area contributed by atoms with Crippen LogP contribution in [0, 0.1) is 0 Å². The van der Waals surface area contributed by atoms with Gasteiger partial charge in [-0.15, -0.1) is 5.10 Å². The van der Waals surface area contributed by atoms with Crippen LogP contribution in [0.3, 0.4) is 0 Å². The normalized spacial score (nSPS) is 16.0. The van der Waals surface area contributed by atoms with E-state index in [2.05, 4.69) is 10.2 Å². The van der Waals surface area contributed by atoms with Crippen molar-refractivity contribution >= 4 is 28.5 Å². The molecule has 0 aromatic heterocycles. The average molecular weight is 412 g/mol. The molecular weight excluding hydrogens is 386 g/mol. The molecule has 29 heavy (non-hydrogen) atoms. The van der Waals surface area contributed by atoms with Gasteiger partial charge in [-0.25, -0.2) is 0 Å². The fraction of sp³-hybridized carbons (Fsp3) is 0.318. The molecule has 1 amide bonds. The number of benzene rings is 2. The van der Waals surface area contributed by atoms with Crippen LogP contribution in [0.1, 0.15) is 31.9 Å². The zero-order chi connectivity index (χ0) is 20.8. The zero-order valence-corrected chi connectivity index (χ0v) is 17.9. The molecule has 0 bridgehead atoms. The first-order chi connectivity index (χ1) is 14.0. The van der Waals surface area contributed by atoms with Gasteiger partial charge in [0.05, 0.1) is 31.2 Å². The Kier molecular flexibility index (Phi) is 6.93. The van der Waals surface area contributed by atoms with Crippen LogP contribution >= 0.6 is 11.8 Å². The number of rotatable bonds is 7. The summed E-state index contributed by atoms with van der Waals surface area (Å²) < 4.78 is 10.8. The number of nitrogens with zero attached hydrogens (tertiary/aromatic N) is 3. The number of thioether (sulfide) groups is 1. The lowest BCUT2D eigenvalue weighted by atomic mass is 10.1. The summed E-state index contributed by atoms with van der Waals surface area (Å²) in [5.74, 6) is 2.03. The number of carbonyl (C=O) groups excluding carboxylic acids is 1. The highest BCUT2D eigenvalue weighted by Crippen LogP contribution is 2.23. The molecule has 1 aliphatic heterocycles. The molecular formula is C22H25N3O3S. The predicted octanol–water partition coefficient (Wildman–Crippen LogP) is 4.34. The van der Waals surface area contributed by atoms with E-state index in [1.165, 1.54) is 11.8 Å². The molecule has 152 valence electrons. The van der Waals surface area contributed by atoms with E-state index in [-0.39, 0.29) is 12.0 Å². The molecule has 3 rings (SSSR count). The van der Waals surface area contributed by atoms with Gasteiger partial charge in [-0.3, -0.25) is 9.69 Å². The Balaban J connectivity index is 1.72. The van der Waals surface area contributed by atoms with Gasteiger partial charge in [-0.2, -0.15) is 5.10 Å². The van der Waals surface area contributed by atoms with Crippen molar-refractivity contribution in [3.8, 4) is 11.5 Å². The highest BCUT2D eigenvalue weighted by atomic mass is 32.2. The lowest BCUT2D eigenvalue weighted by molar-refractivity contribution is -0.124. The standard InChI is InChI=1S/C22H25N3O3S/c1-15(2)28-20-11-7-18(8-12-20)16(3)23-24-22-25(21(26)14-29-22)13-17-5-9-19(27-4)10-6-17/h5-12,15H,13-14H2,1-4H3/b23-16-,24-22+. The summed E-state index contributed by atoms with van der Waals surface area (Å²) in [6.07, 6.45) is 0.135. The molecule has 0 aliphatic carbocycles. The van der Waals surface area contributed by atoms with Crippen molar-refractivity contribution in [3.63, 3.8) is 0 Å². The summed E-state index contributed by atoms with van der Waals surface area (Å²) >= 11 is 1.41. The fourth-order valence-corrected chi connectivity index (χ4v) is 3.59. The van der Waals surface area contributed by atoms with Crippen molar-refractivity contribution in [1.82, 2.24) is 4.90 Å². The minimum Gasteiger partial charge on any atom is -0.497 e. The van der Waals surface area contributed by atoms with Crippen molar-refractivity contribution in [2.75, 3.05) is 12.9 Å². The van der Waals surface area contributed by atoms with Gasteiger partial charge in [0.15, 0.2) is 5.17 Å². The average Bonchev–Trinajstić information content (AvgIpc) is 3.06. The molecule has 0 spiro atoms. The Labute approximate surface area is 175 Å². The van der Waals surface area contributed by atoms with E-state index < -0.39 is 0 Å². The molecule has 0 N–H and O–H groups in total. The Bertz CT molecular complexity index is 906. The summed E-state index contributed by atoms with van der Waals surface area (Å²) in [7, 11) is 1.63. The quantitative estimate of drug-likeness (QED) is 0.502. The lowest BCUT2D eigenvalue weighted by Crippen LogP contribution is -2.28. The first-order valence-corrected chi connectivity index (χ1v) is 10.4. The Hall–Kier alpha value is -2.80. The second-order valence-electron chi connectivity index (χ2n) is 6.88. The van der Waals surface area contributed by atoms with Gasteiger partial charge in [0, 0.05) is 0 Å². The summed E-state index contributed by atoms with van der Waals surface area (Å²) in [5, 5.41) is 9.31. The summed E-state index contributed by atoms with van der Waals surface area (Å²) in [6.45, 7) is 6.35. The molecule has 0 unspecified atom stereocenters. The van der Waals surface area contributed by atoms with E-state index in [0.717, 1.165) is 28.3 Å². The number of amidine groups is 1. The van der Waals surface area contributed by atoms with Crippen LogP contribution in [0.5, 0.6) is 11.5 Å². The number of carbonyl (C=O) groups is 1. The van der Waals surface area contributed by atoms with Crippen molar-refractivity contribution in [2.24, 2.45) is 10.2 Å². The molecule has 1 saturated heterocycles. The minimum atomic E-state index is 0.0348. The van der Waals surface area contributed by atoms with Crippen molar-refractivity contribution < 1.29 is 14.3 Å².